The molecule has 1 aliphatic carbocycles. The van der Waals surface area contributed by atoms with Gasteiger partial charge in [0.15, 0.2) is 0 Å². The predicted octanol–water partition coefficient (Wildman–Crippen LogP) is 4.28. The molecule has 1 nitrogen and oxygen atoms in total. The average Bonchev–Trinajstić information content (AvgIpc) is 2.37. The SMILES string of the molecule is Cc1cc(C)c(CNCC2CCCCC2)cc1C. The topological polar surface area (TPSA) is 12.0 Å². The number of hydrogen-bond acceptors (Lipinski definition) is 1. The van der Waals surface area contributed by atoms with Crippen molar-refractivity contribution >= 4 is 0 Å². The molecule has 0 spiro atoms. The minimum absolute atomic E-state index is 0.922. The first-order valence-corrected chi connectivity index (χ1v) is 7.44. The van der Waals surface area contributed by atoms with Crippen LogP contribution in [0.25, 0.3) is 0 Å². The van der Waals surface area contributed by atoms with E-state index in [4.69, 9.17) is 0 Å². The Labute approximate surface area is 112 Å². The molecule has 0 unspecified atom stereocenters. The van der Waals surface area contributed by atoms with Gasteiger partial charge in [0.2, 0.25) is 0 Å². The van der Waals surface area contributed by atoms with Gasteiger partial charge in [-0.3, -0.25) is 0 Å². The zero-order chi connectivity index (χ0) is 13.0. The van der Waals surface area contributed by atoms with Crippen LogP contribution >= 0.6 is 0 Å². The molecule has 2 rings (SSSR count). The van der Waals surface area contributed by atoms with Crippen molar-refractivity contribution in [2.45, 2.75) is 59.4 Å². The summed E-state index contributed by atoms with van der Waals surface area (Å²) in [6.45, 7) is 8.86. The molecule has 0 radical (unpaired) electrons. The second-order valence-electron chi connectivity index (χ2n) is 6.00. The highest BCUT2D eigenvalue weighted by Crippen LogP contribution is 2.23. The maximum Gasteiger partial charge on any atom is 0.0208 e. The summed E-state index contributed by atoms with van der Waals surface area (Å²) in [5, 5.41) is 3.66. The van der Waals surface area contributed by atoms with Crippen molar-refractivity contribution in [3.8, 4) is 0 Å². The fourth-order valence-corrected chi connectivity index (χ4v) is 3.01. The van der Waals surface area contributed by atoms with E-state index in [1.54, 1.807) is 0 Å². The van der Waals surface area contributed by atoms with E-state index < -0.39 is 0 Å². The first kappa shape index (κ1) is 13.6. The standard InChI is InChI=1S/C17H27N/c1-13-9-15(3)17(10-14(13)2)12-18-11-16-7-5-4-6-8-16/h9-10,16,18H,4-8,11-12H2,1-3H3. The summed E-state index contributed by atoms with van der Waals surface area (Å²) in [7, 11) is 0. The van der Waals surface area contributed by atoms with Crippen LogP contribution < -0.4 is 5.32 Å². The Morgan fingerprint density at radius 1 is 0.944 bits per heavy atom. The van der Waals surface area contributed by atoms with Crippen LogP contribution in [0.3, 0.4) is 0 Å². The molecule has 0 aromatic heterocycles. The van der Waals surface area contributed by atoms with Gasteiger partial charge in [-0.1, -0.05) is 31.4 Å². The summed E-state index contributed by atoms with van der Waals surface area (Å²) >= 11 is 0. The van der Waals surface area contributed by atoms with Gasteiger partial charge in [-0.05, 0) is 68.3 Å². The Kier molecular flexibility index (Phi) is 4.82. The third kappa shape index (κ3) is 3.58. The highest BCUT2D eigenvalue weighted by Gasteiger charge is 2.12. The third-order valence-electron chi connectivity index (χ3n) is 4.43. The van der Waals surface area contributed by atoms with Gasteiger partial charge >= 0.3 is 0 Å². The number of hydrogen-bond donors (Lipinski definition) is 1. The Morgan fingerprint density at radius 3 is 2.33 bits per heavy atom. The first-order valence-electron chi connectivity index (χ1n) is 7.44. The summed E-state index contributed by atoms with van der Waals surface area (Å²) in [4.78, 5) is 0. The van der Waals surface area contributed by atoms with Crippen molar-refractivity contribution in [1.82, 2.24) is 5.32 Å². The largest absolute Gasteiger partial charge is 0.312 e. The Hall–Kier alpha value is -0.820. The van der Waals surface area contributed by atoms with E-state index >= 15 is 0 Å². The van der Waals surface area contributed by atoms with Crippen LogP contribution in [0.5, 0.6) is 0 Å². The molecule has 0 aliphatic heterocycles. The maximum atomic E-state index is 3.66. The molecule has 0 amide bonds. The van der Waals surface area contributed by atoms with Crippen molar-refractivity contribution in [2.75, 3.05) is 6.54 Å². The summed E-state index contributed by atoms with van der Waals surface area (Å²) in [5.41, 5.74) is 5.71. The van der Waals surface area contributed by atoms with E-state index in [2.05, 4.69) is 38.2 Å². The van der Waals surface area contributed by atoms with E-state index in [-0.39, 0.29) is 0 Å². The van der Waals surface area contributed by atoms with Crippen molar-refractivity contribution in [3.63, 3.8) is 0 Å². The third-order valence-corrected chi connectivity index (χ3v) is 4.43. The van der Waals surface area contributed by atoms with E-state index in [9.17, 15) is 0 Å². The summed E-state index contributed by atoms with van der Waals surface area (Å²) < 4.78 is 0. The van der Waals surface area contributed by atoms with Crippen LogP contribution in [0.15, 0.2) is 12.1 Å². The molecule has 0 saturated heterocycles. The summed E-state index contributed by atoms with van der Waals surface area (Å²) in [6.07, 6.45) is 7.19. The van der Waals surface area contributed by atoms with Gasteiger partial charge in [0.1, 0.15) is 0 Å². The number of rotatable bonds is 4. The lowest BCUT2D eigenvalue weighted by Gasteiger charge is -2.22. The van der Waals surface area contributed by atoms with Gasteiger partial charge in [0.25, 0.3) is 0 Å². The molecular weight excluding hydrogens is 218 g/mol. The van der Waals surface area contributed by atoms with E-state index in [1.807, 2.05) is 0 Å². The highest BCUT2D eigenvalue weighted by atomic mass is 14.9. The first-order chi connectivity index (χ1) is 8.66. The van der Waals surface area contributed by atoms with Gasteiger partial charge in [0, 0.05) is 6.54 Å². The Morgan fingerprint density at radius 2 is 1.61 bits per heavy atom. The molecule has 1 aliphatic rings. The zero-order valence-corrected chi connectivity index (χ0v) is 12.2. The van der Waals surface area contributed by atoms with Gasteiger partial charge in [-0.2, -0.15) is 0 Å². The Bertz CT molecular complexity index is 389. The van der Waals surface area contributed by atoms with E-state index in [1.165, 1.54) is 60.9 Å². The normalized spacial score (nSPS) is 17.1. The lowest BCUT2D eigenvalue weighted by Crippen LogP contribution is -2.24. The monoisotopic (exact) mass is 245 g/mol. The molecule has 1 saturated carbocycles. The van der Waals surface area contributed by atoms with Gasteiger partial charge in [0.05, 0.1) is 0 Å². The van der Waals surface area contributed by atoms with Crippen molar-refractivity contribution in [2.24, 2.45) is 5.92 Å². The molecule has 0 bridgehead atoms. The van der Waals surface area contributed by atoms with Crippen LogP contribution in [-0.2, 0) is 6.54 Å². The maximum absolute atomic E-state index is 3.66. The molecule has 1 N–H and O–H groups in total. The second kappa shape index (κ2) is 6.38. The lowest BCUT2D eigenvalue weighted by atomic mass is 9.89. The highest BCUT2D eigenvalue weighted by molar-refractivity contribution is 5.36. The molecular formula is C17H27N. The predicted molar refractivity (Wildman–Crippen MR) is 78.9 cm³/mol. The average molecular weight is 245 g/mol. The minimum atomic E-state index is 0.922. The lowest BCUT2D eigenvalue weighted by molar-refractivity contribution is 0.342. The summed E-state index contributed by atoms with van der Waals surface area (Å²) in [5.74, 6) is 0.922. The molecule has 1 fully saturated rings. The smallest absolute Gasteiger partial charge is 0.0208 e. The van der Waals surface area contributed by atoms with Gasteiger partial charge < -0.3 is 5.32 Å². The fraction of sp³-hybridized carbons (Fsp3) is 0.647. The minimum Gasteiger partial charge on any atom is -0.312 e. The zero-order valence-electron chi connectivity index (χ0n) is 12.2. The van der Waals surface area contributed by atoms with Crippen LogP contribution in [-0.4, -0.2) is 6.54 Å². The van der Waals surface area contributed by atoms with E-state index in [0.29, 0.717) is 0 Å². The van der Waals surface area contributed by atoms with Crippen molar-refractivity contribution < 1.29 is 0 Å². The van der Waals surface area contributed by atoms with Crippen molar-refractivity contribution in [1.29, 1.82) is 0 Å². The molecule has 1 aromatic carbocycles. The van der Waals surface area contributed by atoms with Crippen LogP contribution in [0, 0.1) is 26.7 Å². The van der Waals surface area contributed by atoms with E-state index in [0.717, 1.165) is 12.5 Å². The van der Waals surface area contributed by atoms with Crippen LogP contribution in [0.1, 0.15) is 54.4 Å². The summed E-state index contributed by atoms with van der Waals surface area (Å²) in [6, 6.07) is 4.66. The fourth-order valence-electron chi connectivity index (χ4n) is 3.01. The number of aryl methyl sites for hydroxylation is 3. The van der Waals surface area contributed by atoms with Gasteiger partial charge in [-0.15, -0.1) is 0 Å². The molecule has 1 aromatic rings. The van der Waals surface area contributed by atoms with Crippen molar-refractivity contribution in [3.05, 3.63) is 34.4 Å². The molecule has 100 valence electrons. The molecule has 0 heterocycles. The second-order valence-corrected chi connectivity index (χ2v) is 6.00. The quantitative estimate of drug-likeness (QED) is 0.834. The van der Waals surface area contributed by atoms with Crippen LogP contribution in [0.4, 0.5) is 0 Å². The molecule has 0 atom stereocenters. The Balaban J connectivity index is 1.84. The number of benzene rings is 1. The number of nitrogens with one attached hydrogen (secondary N) is 1. The molecule has 18 heavy (non-hydrogen) atoms. The van der Waals surface area contributed by atoms with Crippen LogP contribution in [0.2, 0.25) is 0 Å². The molecule has 1 heteroatoms. The van der Waals surface area contributed by atoms with Gasteiger partial charge in [-0.25, -0.2) is 0 Å².